The zero-order chi connectivity index (χ0) is 9.84. The van der Waals surface area contributed by atoms with Gasteiger partial charge < -0.3 is 5.32 Å². The molecule has 0 saturated carbocycles. The van der Waals surface area contributed by atoms with Gasteiger partial charge in [0.05, 0.1) is 11.9 Å². The van der Waals surface area contributed by atoms with Crippen molar-refractivity contribution >= 4 is 11.6 Å². The van der Waals surface area contributed by atoms with Crippen LogP contribution in [0.4, 0.5) is 5.69 Å². The van der Waals surface area contributed by atoms with Gasteiger partial charge in [0.15, 0.2) is 0 Å². The molecular formula is C9H15N3O. The molecule has 72 valence electrons. The topological polar surface area (TPSA) is 46.9 Å². The molecule has 1 N–H and O–H groups in total. The summed E-state index contributed by atoms with van der Waals surface area (Å²) in [6, 6.07) is 0.326. The van der Waals surface area contributed by atoms with Crippen LogP contribution in [0.5, 0.6) is 0 Å². The Labute approximate surface area is 77.9 Å². The number of rotatable bonds is 3. The van der Waals surface area contributed by atoms with Gasteiger partial charge in [0.2, 0.25) is 5.91 Å². The zero-order valence-corrected chi connectivity index (χ0v) is 8.24. The van der Waals surface area contributed by atoms with E-state index in [9.17, 15) is 4.79 Å². The zero-order valence-electron chi connectivity index (χ0n) is 8.24. The molecule has 0 atom stereocenters. The molecule has 1 rings (SSSR count). The predicted octanol–water partition coefficient (Wildman–Crippen LogP) is 1.81. The van der Waals surface area contributed by atoms with E-state index in [2.05, 4.69) is 10.4 Å². The van der Waals surface area contributed by atoms with Crippen LogP contribution < -0.4 is 5.32 Å². The number of hydrogen-bond acceptors (Lipinski definition) is 2. The molecule has 0 aliphatic carbocycles. The summed E-state index contributed by atoms with van der Waals surface area (Å²) in [5.74, 6) is 0.0170. The summed E-state index contributed by atoms with van der Waals surface area (Å²) in [5.41, 5.74) is 0.764. The summed E-state index contributed by atoms with van der Waals surface area (Å²) in [6.45, 7) is 5.90. The largest absolute Gasteiger partial charge is 0.323 e. The highest BCUT2D eigenvalue weighted by Gasteiger charge is 2.03. The standard InChI is InChI=1S/C9H15N3O/c1-4-9(13)11-8-5-10-12(6-8)7(2)3/h5-7H,4H2,1-3H3,(H,11,13). The van der Waals surface area contributed by atoms with Crippen molar-refractivity contribution in [3.8, 4) is 0 Å². The van der Waals surface area contributed by atoms with Crippen molar-refractivity contribution < 1.29 is 4.79 Å². The Hall–Kier alpha value is -1.32. The average molecular weight is 181 g/mol. The molecule has 0 aliphatic heterocycles. The molecule has 4 heteroatoms. The quantitative estimate of drug-likeness (QED) is 0.773. The summed E-state index contributed by atoms with van der Waals surface area (Å²) in [4.78, 5) is 11.0. The number of anilines is 1. The summed E-state index contributed by atoms with van der Waals surface area (Å²) < 4.78 is 1.81. The molecule has 1 heterocycles. The van der Waals surface area contributed by atoms with Crippen LogP contribution in [0, 0.1) is 0 Å². The van der Waals surface area contributed by atoms with E-state index in [1.165, 1.54) is 0 Å². The average Bonchev–Trinajstić information content (AvgIpc) is 2.52. The minimum Gasteiger partial charge on any atom is -0.323 e. The van der Waals surface area contributed by atoms with Gasteiger partial charge in [-0.1, -0.05) is 6.92 Å². The second-order valence-corrected chi connectivity index (χ2v) is 3.20. The van der Waals surface area contributed by atoms with Crippen molar-refractivity contribution in [3.05, 3.63) is 12.4 Å². The number of amides is 1. The van der Waals surface area contributed by atoms with Crippen LogP contribution >= 0.6 is 0 Å². The Kier molecular flexibility index (Phi) is 3.06. The molecule has 0 aliphatic rings. The first-order valence-corrected chi connectivity index (χ1v) is 4.47. The smallest absolute Gasteiger partial charge is 0.224 e. The van der Waals surface area contributed by atoms with Gasteiger partial charge >= 0.3 is 0 Å². The first-order chi connectivity index (χ1) is 6.13. The van der Waals surface area contributed by atoms with Gasteiger partial charge in [0.1, 0.15) is 0 Å². The number of hydrogen-bond donors (Lipinski definition) is 1. The number of aromatic nitrogens is 2. The lowest BCUT2D eigenvalue weighted by Crippen LogP contribution is -2.08. The predicted molar refractivity (Wildman–Crippen MR) is 51.5 cm³/mol. The molecule has 0 fully saturated rings. The van der Waals surface area contributed by atoms with Gasteiger partial charge in [0.25, 0.3) is 0 Å². The maximum absolute atomic E-state index is 11.0. The lowest BCUT2D eigenvalue weighted by atomic mass is 10.4. The molecule has 0 aromatic carbocycles. The minimum absolute atomic E-state index is 0.0170. The fraction of sp³-hybridized carbons (Fsp3) is 0.556. The molecule has 13 heavy (non-hydrogen) atoms. The van der Waals surface area contributed by atoms with Crippen LogP contribution in [0.15, 0.2) is 12.4 Å². The Morgan fingerprint density at radius 3 is 2.85 bits per heavy atom. The van der Waals surface area contributed by atoms with E-state index < -0.39 is 0 Å². The Balaban J connectivity index is 2.64. The van der Waals surface area contributed by atoms with Crippen LogP contribution in [0.2, 0.25) is 0 Å². The third-order valence-electron chi connectivity index (χ3n) is 1.74. The highest BCUT2D eigenvalue weighted by molar-refractivity contribution is 5.90. The SMILES string of the molecule is CCC(=O)Nc1cnn(C(C)C)c1. The monoisotopic (exact) mass is 181 g/mol. The Bertz CT molecular complexity index is 291. The first-order valence-electron chi connectivity index (χ1n) is 4.47. The van der Waals surface area contributed by atoms with Crippen LogP contribution in [0.1, 0.15) is 33.2 Å². The van der Waals surface area contributed by atoms with Gasteiger partial charge in [-0.05, 0) is 13.8 Å². The second kappa shape index (κ2) is 4.07. The summed E-state index contributed by atoms with van der Waals surface area (Å²) in [7, 11) is 0. The maximum atomic E-state index is 11.0. The van der Waals surface area contributed by atoms with Crippen molar-refractivity contribution in [2.75, 3.05) is 5.32 Å². The van der Waals surface area contributed by atoms with E-state index in [1.807, 2.05) is 31.6 Å². The van der Waals surface area contributed by atoms with E-state index in [4.69, 9.17) is 0 Å². The lowest BCUT2D eigenvalue weighted by Gasteiger charge is -2.03. The van der Waals surface area contributed by atoms with Crippen LogP contribution in [-0.4, -0.2) is 15.7 Å². The summed E-state index contributed by atoms with van der Waals surface area (Å²) >= 11 is 0. The number of carbonyl (C=O) groups is 1. The van der Waals surface area contributed by atoms with Crippen molar-refractivity contribution in [2.45, 2.75) is 33.2 Å². The van der Waals surface area contributed by atoms with E-state index in [1.54, 1.807) is 6.20 Å². The first kappa shape index (κ1) is 9.77. The summed E-state index contributed by atoms with van der Waals surface area (Å²) in [5, 5.41) is 6.85. The van der Waals surface area contributed by atoms with E-state index in [-0.39, 0.29) is 5.91 Å². The van der Waals surface area contributed by atoms with Gasteiger partial charge in [-0.15, -0.1) is 0 Å². The molecule has 0 saturated heterocycles. The minimum atomic E-state index is 0.0170. The van der Waals surface area contributed by atoms with Gasteiger partial charge in [0, 0.05) is 18.7 Å². The second-order valence-electron chi connectivity index (χ2n) is 3.20. The molecule has 0 bridgehead atoms. The Morgan fingerprint density at radius 2 is 2.38 bits per heavy atom. The molecule has 0 unspecified atom stereocenters. The fourth-order valence-corrected chi connectivity index (χ4v) is 0.934. The van der Waals surface area contributed by atoms with E-state index in [0.717, 1.165) is 5.69 Å². The molecule has 1 aromatic heterocycles. The van der Waals surface area contributed by atoms with Crippen molar-refractivity contribution in [2.24, 2.45) is 0 Å². The van der Waals surface area contributed by atoms with Gasteiger partial charge in [-0.25, -0.2) is 0 Å². The molecular weight excluding hydrogens is 166 g/mol. The third-order valence-corrected chi connectivity index (χ3v) is 1.74. The van der Waals surface area contributed by atoms with Crippen molar-refractivity contribution in [1.82, 2.24) is 9.78 Å². The molecule has 1 aromatic rings. The third kappa shape index (κ3) is 2.57. The van der Waals surface area contributed by atoms with Crippen LogP contribution in [0.25, 0.3) is 0 Å². The maximum Gasteiger partial charge on any atom is 0.224 e. The fourth-order valence-electron chi connectivity index (χ4n) is 0.934. The van der Waals surface area contributed by atoms with Gasteiger partial charge in [-0.2, -0.15) is 5.10 Å². The lowest BCUT2D eigenvalue weighted by molar-refractivity contribution is -0.115. The summed E-state index contributed by atoms with van der Waals surface area (Å²) in [6.07, 6.45) is 3.98. The number of nitrogens with one attached hydrogen (secondary N) is 1. The van der Waals surface area contributed by atoms with E-state index >= 15 is 0 Å². The number of nitrogens with zero attached hydrogens (tertiary/aromatic N) is 2. The van der Waals surface area contributed by atoms with Crippen molar-refractivity contribution in [3.63, 3.8) is 0 Å². The molecule has 1 amide bonds. The number of carbonyl (C=O) groups excluding carboxylic acids is 1. The Morgan fingerprint density at radius 1 is 1.69 bits per heavy atom. The molecule has 0 spiro atoms. The molecule has 0 radical (unpaired) electrons. The highest BCUT2D eigenvalue weighted by atomic mass is 16.1. The van der Waals surface area contributed by atoms with Crippen molar-refractivity contribution in [1.29, 1.82) is 0 Å². The molecule has 4 nitrogen and oxygen atoms in total. The van der Waals surface area contributed by atoms with Crippen LogP contribution in [-0.2, 0) is 4.79 Å². The van der Waals surface area contributed by atoms with E-state index in [0.29, 0.717) is 12.5 Å². The normalized spacial score (nSPS) is 10.5. The van der Waals surface area contributed by atoms with Gasteiger partial charge in [-0.3, -0.25) is 9.48 Å². The highest BCUT2D eigenvalue weighted by Crippen LogP contribution is 2.09. The van der Waals surface area contributed by atoms with Crippen LogP contribution in [0.3, 0.4) is 0 Å².